The fraction of sp³-hybridized carbons (Fsp3) is 1.00. The van der Waals surface area contributed by atoms with Crippen LogP contribution in [0, 0.1) is 0 Å². The summed E-state index contributed by atoms with van der Waals surface area (Å²) in [5.74, 6) is 0. The third-order valence-corrected chi connectivity index (χ3v) is 3.08. The van der Waals surface area contributed by atoms with Gasteiger partial charge in [0.05, 0.1) is 19.3 Å². The summed E-state index contributed by atoms with van der Waals surface area (Å²) in [6.45, 7) is 3.69. The van der Waals surface area contributed by atoms with Crippen LogP contribution >= 0.6 is 0 Å². The zero-order chi connectivity index (χ0) is 10.8. The Balaban J connectivity index is 0.00000128. The lowest BCUT2D eigenvalue weighted by Crippen LogP contribution is -2.54. The van der Waals surface area contributed by atoms with Crippen molar-refractivity contribution in [2.45, 2.75) is 51.9 Å². The van der Waals surface area contributed by atoms with Gasteiger partial charge < -0.3 is 19.7 Å². The Morgan fingerprint density at radius 1 is 1.25 bits per heavy atom. The van der Waals surface area contributed by atoms with Gasteiger partial charge in [-0.3, -0.25) is 4.90 Å². The molecule has 2 fully saturated rings. The molecule has 0 aliphatic carbocycles. The first-order valence-corrected chi connectivity index (χ1v) is 5.52. The molecule has 0 spiro atoms. The SMILES string of the molecule is C.C[C@H]1C[C@@H](N2CCOC[C@H]2O)CC(O)O1. The summed E-state index contributed by atoms with van der Waals surface area (Å²) in [7, 11) is 0. The molecule has 2 saturated heterocycles. The summed E-state index contributed by atoms with van der Waals surface area (Å²) in [5, 5.41) is 19.3. The van der Waals surface area contributed by atoms with Crippen LogP contribution in [0.15, 0.2) is 0 Å². The summed E-state index contributed by atoms with van der Waals surface area (Å²) in [5.41, 5.74) is 0. The molecule has 2 aliphatic rings. The van der Waals surface area contributed by atoms with Gasteiger partial charge in [0.1, 0.15) is 6.23 Å². The number of aliphatic hydroxyl groups excluding tert-OH is 2. The second-order valence-corrected chi connectivity index (χ2v) is 4.32. The van der Waals surface area contributed by atoms with Crippen LogP contribution in [0.5, 0.6) is 0 Å². The van der Waals surface area contributed by atoms with Gasteiger partial charge in [-0.2, -0.15) is 0 Å². The summed E-state index contributed by atoms with van der Waals surface area (Å²) in [6, 6.07) is 0.197. The van der Waals surface area contributed by atoms with Crippen LogP contribution in [0.1, 0.15) is 27.2 Å². The van der Waals surface area contributed by atoms with Gasteiger partial charge in [0.2, 0.25) is 0 Å². The Hall–Kier alpha value is -0.200. The maximum absolute atomic E-state index is 9.77. The number of ether oxygens (including phenoxy) is 2. The number of hydrogen-bond acceptors (Lipinski definition) is 5. The molecule has 0 saturated carbocycles. The van der Waals surface area contributed by atoms with Crippen LogP contribution in [0.25, 0.3) is 0 Å². The van der Waals surface area contributed by atoms with Gasteiger partial charge in [-0.1, -0.05) is 7.43 Å². The molecular formula is C11H23NO4. The quantitative estimate of drug-likeness (QED) is 0.675. The van der Waals surface area contributed by atoms with E-state index >= 15 is 0 Å². The first kappa shape index (κ1) is 13.9. The molecule has 0 aromatic rings. The summed E-state index contributed by atoms with van der Waals surface area (Å²) in [6.07, 6.45) is 0.235. The predicted octanol–water partition coefficient (Wildman–Crippen LogP) is 0.159. The Kier molecular flexibility index (Phi) is 5.14. The molecule has 0 bridgehead atoms. The molecule has 2 aliphatic heterocycles. The Morgan fingerprint density at radius 2 is 2.00 bits per heavy atom. The van der Waals surface area contributed by atoms with Crippen molar-refractivity contribution in [1.82, 2.24) is 4.90 Å². The van der Waals surface area contributed by atoms with Crippen molar-refractivity contribution in [2.24, 2.45) is 0 Å². The molecular weight excluding hydrogens is 210 g/mol. The van der Waals surface area contributed by atoms with Crippen molar-refractivity contribution in [3.63, 3.8) is 0 Å². The molecule has 0 aromatic heterocycles. The lowest BCUT2D eigenvalue weighted by atomic mass is 10.0. The molecule has 16 heavy (non-hydrogen) atoms. The van der Waals surface area contributed by atoms with Gasteiger partial charge in [0, 0.05) is 19.0 Å². The molecule has 2 rings (SSSR count). The van der Waals surface area contributed by atoms with E-state index in [1.165, 1.54) is 0 Å². The monoisotopic (exact) mass is 233 g/mol. The molecule has 0 aromatic carbocycles. The van der Waals surface area contributed by atoms with E-state index in [-0.39, 0.29) is 19.6 Å². The van der Waals surface area contributed by atoms with Crippen LogP contribution in [0.4, 0.5) is 0 Å². The second-order valence-electron chi connectivity index (χ2n) is 4.32. The van der Waals surface area contributed by atoms with Gasteiger partial charge in [0.15, 0.2) is 6.29 Å². The van der Waals surface area contributed by atoms with E-state index in [9.17, 15) is 10.2 Å². The highest BCUT2D eigenvalue weighted by molar-refractivity contribution is 4.82. The minimum atomic E-state index is -0.700. The van der Waals surface area contributed by atoms with Crippen molar-refractivity contribution in [3.8, 4) is 0 Å². The lowest BCUT2D eigenvalue weighted by molar-refractivity contribution is -0.200. The summed E-state index contributed by atoms with van der Waals surface area (Å²) >= 11 is 0. The van der Waals surface area contributed by atoms with E-state index in [0.717, 1.165) is 13.0 Å². The van der Waals surface area contributed by atoms with E-state index in [0.29, 0.717) is 19.6 Å². The maximum atomic E-state index is 9.77. The average molecular weight is 233 g/mol. The first-order chi connectivity index (χ1) is 7.16. The minimum absolute atomic E-state index is 0. The van der Waals surface area contributed by atoms with Gasteiger partial charge >= 0.3 is 0 Å². The van der Waals surface area contributed by atoms with Crippen molar-refractivity contribution in [2.75, 3.05) is 19.8 Å². The molecule has 96 valence electrons. The topological polar surface area (TPSA) is 62.2 Å². The Morgan fingerprint density at radius 3 is 2.62 bits per heavy atom. The molecule has 2 N–H and O–H groups in total. The van der Waals surface area contributed by atoms with E-state index in [1.54, 1.807) is 0 Å². The smallest absolute Gasteiger partial charge is 0.156 e. The van der Waals surface area contributed by atoms with Crippen molar-refractivity contribution >= 4 is 0 Å². The van der Waals surface area contributed by atoms with E-state index in [4.69, 9.17) is 9.47 Å². The number of aliphatic hydroxyl groups is 2. The summed E-state index contributed by atoms with van der Waals surface area (Å²) in [4.78, 5) is 2.01. The second kappa shape index (κ2) is 5.93. The minimum Gasteiger partial charge on any atom is -0.376 e. The zero-order valence-electron chi connectivity index (χ0n) is 9.00. The standard InChI is InChI=1S/C10H19NO4.CH4/c1-7-4-8(5-10(13)15-7)11-2-3-14-6-9(11)12;/h7-10,12-13H,2-6H2,1H3;1H4/t7-,8+,9+,10?;/m0./s1. The first-order valence-electron chi connectivity index (χ1n) is 5.52. The summed E-state index contributed by atoms with van der Waals surface area (Å²) < 4.78 is 10.4. The van der Waals surface area contributed by atoms with Crippen molar-refractivity contribution < 1.29 is 19.7 Å². The average Bonchev–Trinajstić information content (AvgIpc) is 2.16. The van der Waals surface area contributed by atoms with Crippen molar-refractivity contribution in [1.29, 1.82) is 0 Å². The fourth-order valence-corrected chi connectivity index (χ4v) is 2.39. The highest BCUT2D eigenvalue weighted by Crippen LogP contribution is 2.24. The molecule has 4 atom stereocenters. The largest absolute Gasteiger partial charge is 0.376 e. The van der Waals surface area contributed by atoms with Crippen LogP contribution in [0.2, 0.25) is 0 Å². The van der Waals surface area contributed by atoms with Crippen LogP contribution in [0.3, 0.4) is 0 Å². The molecule has 5 heteroatoms. The van der Waals surface area contributed by atoms with Crippen LogP contribution < -0.4 is 0 Å². The van der Waals surface area contributed by atoms with E-state index in [2.05, 4.69) is 0 Å². The van der Waals surface area contributed by atoms with E-state index < -0.39 is 12.5 Å². The predicted molar refractivity (Wildman–Crippen MR) is 59.8 cm³/mol. The highest BCUT2D eigenvalue weighted by Gasteiger charge is 2.34. The third-order valence-electron chi connectivity index (χ3n) is 3.08. The molecule has 1 unspecified atom stereocenters. The van der Waals surface area contributed by atoms with Crippen molar-refractivity contribution in [3.05, 3.63) is 0 Å². The normalized spacial score (nSPS) is 41.4. The van der Waals surface area contributed by atoms with Gasteiger partial charge in [-0.25, -0.2) is 0 Å². The van der Waals surface area contributed by atoms with Gasteiger partial charge in [0.25, 0.3) is 0 Å². The molecule has 0 amide bonds. The number of morpholine rings is 1. The zero-order valence-corrected chi connectivity index (χ0v) is 9.00. The Labute approximate surface area is 97.0 Å². The third kappa shape index (κ3) is 3.15. The molecule has 2 heterocycles. The maximum Gasteiger partial charge on any atom is 0.156 e. The van der Waals surface area contributed by atoms with E-state index in [1.807, 2.05) is 11.8 Å². The van der Waals surface area contributed by atoms with Gasteiger partial charge in [-0.15, -0.1) is 0 Å². The van der Waals surface area contributed by atoms with Crippen LogP contribution in [-0.2, 0) is 9.47 Å². The number of hydrogen-bond donors (Lipinski definition) is 2. The Bertz CT molecular complexity index is 204. The highest BCUT2D eigenvalue weighted by atomic mass is 16.6. The van der Waals surface area contributed by atoms with Crippen LogP contribution in [-0.4, -0.2) is 59.5 Å². The lowest BCUT2D eigenvalue weighted by Gasteiger charge is -2.42. The number of nitrogens with zero attached hydrogens (tertiary/aromatic N) is 1. The van der Waals surface area contributed by atoms with Gasteiger partial charge in [-0.05, 0) is 13.3 Å². The molecule has 0 radical (unpaired) electrons. The fourth-order valence-electron chi connectivity index (χ4n) is 2.39. The number of rotatable bonds is 1. The molecule has 5 nitrogen and oxygen atoms in total.